The summed E-state index contributed by atoms with van der Waals surface area (Å²) in [7, 11) is 0. The van der Waals surface area contributed by atoms with Gasteiger partial charge in [-0.1, -0.05) is 0 Å². The van der Waals surface area contributed by atoms with Crippen LogP contribution in [0.25, 0.3) is 0 Å². The van der Waals surface area contributed by atoms with Gasteiger partial charge in [0.1, 0.15) is 61.0 Å². The third-order valence-corrected chi connectivity index (χ3v) is 3.69. The van der Waals surface area contributed by atoms with E-state index in [4.69, 9.17) is 61.3 Å². The van der Waals surface area contributed by atoms with Gasteiger partial charge in [0.15, 0.2) is 0 Å². The third-order valence-electron chi connectivity index (χ3n) is 3.69. The van der Waals surface area contributed by atoms with Crippen LogP contribution in [0.1, 0.15) is 0 Å². The zero-order chi connectivity index (χ0) is 24.3. The molecule has 0 aromatic carbocycles. The van der Waals surface area contributed by atoms with Gasteiger partial charge in [-0.2, -0.15) is 0 Å². The summed E-state index contributed by atoms with van der Waals surface area (Å²) in [6.45, 7) is -1.79. The number of hydrogen-bond donors (Lipinski definition) is 12. The zero-order valence-electron chi connectivity index (χ0n) is 15.9. The minimum absolute atomic E-state index is 0. The van der Waals surface area contributed by atoms with Crippen molar-refractivity contribution in [3.8, 4) is 0 Å². The van der Waals surface area contributed by atoms with Gasteiger partial charge in [0.2, 0.25) is 0 Å². The number of carboxylic acid groups (broad SMARTS) is 2. The molecule has 0 aliphatic rings. The predicted molar refractivity (Wildman–Crippen MR) is 90.0 cm³/mol. The number of hydrogen-bond acceptors (Lipinski definition) is 16. The minimum Gasteiger partial charge on any atom is -0.547 e. The van der Waals surface area contributed by atoms with E-state index in [1.807, 2.05) is 0 Å². The molecule has 0 aromatic heterocycles. The van der Waals surface area contributed by atoms with Gasteiger partial charge in [0, 0.05) is 0 Å². The maximum Gasteiger partial charge on any atom is 2.00 e. The van der Waals surface area contributed by atoms with Crippen LogP contribution in [0.3, 0.4) is 0 Å². The van der Waals surface area contributed by atoms with Crippen molar-refractivity contribution < 1.29 is 81.1 Å². The Labute approximate surface area is 204 Å². The Kier molecular flexibility index (Phi) is 19.6. The molecule has 0 aromatic rings. The third kappa shape index (κ3) is 11.9. The maximum atomic E-state index is 10.1. The Morgan fingerprint density at radius 2 is 0.742 bits per heavy atom. The van der Waals surface area contributed by atoms with Crippen molar-refractivity contribution in [1.82, 2.24) is 0 Å². The SMILES string of the molecule is O=C([O-])[C@@H](O)[C@H](O)[C@H](O)[C@@H](O)[C@H](O)CO.O=C([O-])[C@@H](O)[C@H](O)[C@H](O)[C@@H](O)[C@H](O)CO.[Ca+2]. The molecule has 0 rings (SSSR count). The smallest absolute Gasteiger partial charge is 0.547 e. The molecule has 10 atom stereocenters. The summed E-state index contributed by atoms with van der Waals surface area (Å²) in [4.78, 5) is 20.2. The Bertz CT molecular complexity index is 465. The summed E-state index contributed by atoms with van der Waals surface area (Å²) < 4.78 is 0. The molecule has 0 aliphatic carbocycles. The number of carbonyl (C=O) groups excluding carboxylic acids is 2. The second-order valence-electron chi connectivity index (χ2n) is 5.97. The van der Waals surface area contributed by atoms with Crippen molar-refractivity contribution in [3.05, 3.63) is 0 Å². The molecule has 0 unspecified atom stereocenters. The van der Waals surface area contributed by atoms with Gasteiger partial charge in [0.25, 0.3) is 0 Å². The number of aliphatic hydroxyl groups excluding tert-OH is 12. The largest absolute Gasteiger partial charge is 2.00 e. The van der Waals surface area contributed by atoms with E-state index in [0.29, 0.717) is 0 Å². The Hall–Kier alpha value is -0.280. The molecule has 0 saturated heterocycles. The summed E-state index contributed by atoms with van der Waals surface area (Å²) in [5, 5.41) is 126. The standard InChI is InChI=1S/2C7H14O8.Ca/c2*8-1-2(9)3(10)4(11)5(12)6(13)7(14)15;/h2*2-6,8-13H,1H2,(H,14,15);/q;;+2/p-2/t2*2-,3+,4-,5-,6+;/m11./s1. The van der Waals surface area contributed by atoms with E-state index in [9.17, 15) is 19.8 Å². The van der Waals surface area contributed by atoms with E-state index in [1.54, 1.807) is 0 Å². The molecule has 0 bridgehead atoms. The molecule has 0 aliphatic heterocycles. The Morgan fingerprint density at radius 1 is 0.516 bits per heavy atom. The van der Waals surface area contributed by atoms with Gasteiger partial charge in [-0.05, 0) is 0 Å². The first kappa shape index (κ1) is 35.3. The summed E-state index contributed by atoms with van der Waals surface area (Å²) in [6, 6.07) is 0. The Balaban J connectivity index is -0.000000490. The molecule has 0 radical (unpaired) electrons. The van der Waals surface area contributed by atoms with Gasteiger partial charge >= 0.3 is 37.7 Å². The van der Waals surface area contributed by atoms with E-state index < -0.39 is 86.2 Å². The van der Waals surface area contributed by atoms with Crippen LogP contribution < -0.4 is 10.2 Å². The van der Waals surface area contributed by atoms with Gasteiger partial charge in [0.05, 0.1) is 25.2 Å². The number of aliphatic hydroxyl groups is 12. The van der Waals surface area contributed by atoms with Gasteiger partial charge < -0.3 is 81.1 Å². The van der Waals surface area contributed by atoms with E-state index in [1.165, 1.54) is 0 Å². The summed E-state index contributed by atoms with van der Waals surface area (Å²) >= 11 is 0. The fraction of sp³-hybridized carbons (Fsp3) is 0.857. The van der Waals surface area contributed by atoms with Crippen LogP contribution >= 0.6 is 0 Å². The first-order valence-corrected chi connectivity index (χ1v) is 8.09. The van der Waals surface area contributed by atoms with Gasteiger partial charge in [-0.25, -0.2) is 0 Å². The fourth-order valence-corrected chi connectivity index (χ4v) is 1.73. The first-order chi connectivity index (χ1) is 13.6. The van der Waals surface area contributed by atoms with Crippen molar-refractivity contribution in [1.29, 1.82) is 0 Å². The maximum absolute atomic E-state index is 10.1. The van der Waals surface area contributed by atoms with Crippen molar-refractivity contribution in [2.45, 2.75) is 61.0 Å². The molecular formula is C14H26CaO16. The van der Waals surface area contributed by atoms with Crippen LogP contribution in [0.2, 0.25) is 0 Å². The van der Waals surface area contributed by atoms with Crippen molar-refractivity contribution in [2.24, 2.45) is 0 Å². The predicted octanol–water partition coefficient (Wildman–Crippen LogP) is -11.3. The van der Waals surface area contributed by atoms with Crippen LogP contribution in [0, 0.1) is 0 Å². The molecule has 0 spiro atoms. The minimum atomic E-state index is -2.40. The topological polar surface area (TPSA) is 323 Å². The second kappa shape index (κ2) is 17.2. The number of carbonyl (C=O) groups is 2. The quantitative estimate of drug-likeness (QED) is 0.113. The van der Waals surface area contributed by atoms with Crippen LogP contribution in [-0.2, 0) is 9.59 Å². The molecule has 17 heteroatoms. The average Bonchev–Trinajstić information content (AvgIpc) is 2.73. The van der Waals surface area contributed by atoms with E-state index in [-0.39, 0.29) is 37.7 Å². The summed E-state index contributed by atoms with van der Waals surface area (Å²) in [5.74, 6) is -4.07. The van der Waals surface area contributed by atoms with E-state index >= 15 is 0 Å². The van der Waals surface area contributed by atoms with Crippen molar-refractivity contribution >= 4 is 49.7 Å². The number of rotatable bonds is 12. The molecule has 0 fully saturated rings. The van der Waals surface area contributed by atoms with Crippen molar-refractivity contribution in [2.75, 3.05) is 13.2 Å². The molecular weight excluding hydrogens is 464 g/mol. The second-order valence-corrected chi connectivity index (χ2v) is 5.97. The first-order valence-electron chi connectivity index (χ1n) is 8.09. The molecule has 12 N–H and O–H groups in total. The summed E-state index contributed by atoms with van der Waals surface area (Å²) in [5.41, 5.74) is 0. The van der Waals surface area contributed by atoms with Gasteiger partial charge in [-0.15, -0.1) is 0 Å². The molecule has 31 heavy (non-hydrogen) atoms. The molecule has 0 saturated carbocycles. The molecule has 16 nitrogen and oxygen atoms in total. The fourth-order valence-electron chi connectivity index (χ4n) is 1.73. The molecule has 180 valence electrons. The monoisotopic (exact) mass is 490 g/mol. The molecule has 0 amide bonds. The van der Waals surface area contributed by atoms with Gasteiger partial charge in [-0.3, -0.25) is 0 Å². The van der Waals surface area contributed by atoms with Crippen molar-refractivity contribution in [3.63, 3.8) is 0 Å². The summed E-state index contributed by atoms with van der Waals surface area (Å²) in [6.07, 6.45) is -21.0. The van der Waals surface area contributed by atoms with E-state index in [2.05, 4.69) is 0 Å². The van der Waals surface area contributed by atoms with Crippen LogP contribution in [0.15, 0.2) is 0 Å². The van der Waals surface area contributed by atoms with E-state index in [0.717, 1.165) is 0 Å². The normalized spacial score (nSPS) is 20.8. The Morgan fingerprint density at radius 3 is 0.903 bits per heavy atom. The van der Waals surface area contributed by atoms with Crippen LogP contribution in [0.4, 0.5) is 0 Å². The van der Waals surface area contributed by atoms with Crippen LogP contribution in [0.5, 0.6) is 0 Å². The zero-order valence-corrected chi connectivity index (χ0v) is 18.1. The van der Waals surface area contributed by atoms with Crippen LogP contribution in [-0.4, -0.2) is 185 Å². The number of carboxylic acids is 2. The molecule has 0 heterocycles. The average molecular weight is 490 g/mol. The number of aliphatic carboxylic acids is 2.